The number of hydrogen-bond acceptors (Lipinski definition) is 4. The Kier molecular flexibility index (Phi) is 2.78. The standard InChI is InChI=1S/C11H8FNO4/c1-16-8-3-6(2-7(12)4-8)10-13-9(5-17-10)11(14)15/h2-5H,1H3,(H,14,15). The lowest BCUT2D eigenvalue weighted by Gasteiger charge is -2.01. The van der Waals surface area contributed by atoms with Crippen LogP contribution in [0, 0.1) is 5.82 Å². The second kappa shape index (κ2) is 4.25. The maximum absolute atomic E-state index is 13.2. The molecule has 1 aromatic carbocycles. The van der Waals surface area contributed by atoms with E-state index in [4.69, 9.17) is 14.3 Å². The lowest BCUT2D eigenvalue weighted by atomic mass is 10.2. The minimum Gasteiger partial charge on any atom is -0.497 e. The lowest BCUT2D eigenvalue weighted by molar-refractivity contribution is 0.0690. The first-order chi connectivity index (χ1) is 8.10. The first-order valence-electron chi connectivity index (χ1n) is 4.64. The number of oxazole rings is 1. The molecule has 1 N–H and O–H groups in total. The van der Waals surface area contributed by atoms with Gasteiger partial charge in [0, 0.05) is 11.6 Å². The molecule has 88 valence electrons. The van der Waals surface area contributed by atoms with Gasteiger partial charge in [0.15, 0.2) is 5.69 Å². The number of hydrogen-bond donors (Lipinski definition) is 1. The number of nitrogens with zero attached hydrogens (tertiary/aromatic N) is 1. The van der Waals surface area contributed by atoms with E-state index in [-0.39, 0.29) is 11.6 Å². The topological polar surface area (TPSA) is 72.6 Å². The Morgan fingerprint density at radius 3 is 2.82 bits per heavy atom. The van der Waals surface area contributed by atoms with Gasteiger partial charge in [-0.3, -0.25) is 0 Å². The zero-order valence-electron chi connectivity index (χ0n) is 8.81. The van der Waals surface area contributed by atoms with Crippen LogP contribution in [-0.2, 0) is 0 Å². The number of carboxylic acid groups (broad SMARTS) is 1. The molecule has 0 saturated heterocycles. The van der Waals surface area contributed by atoms with Crippen LogP contribution in [0.5, 0.6) is 5.75 Å². The minimum absolute atomic E-state index is 0.0280. The van der Waals surface area contributed by atoms with Gasteiger partial charge in [0.2, 0.25) is 5.89 Å². The monoisotopic (exact) mass is 237 g/mol. The number of methoxy groups -OCH3 is 1. The van der Waals surface area contributed by atoms with Crippen molar-refractivity contribution < 1.29 is 23.4 Å². The summed E-state index contributed by atoms with van der Waals surface area (Å²) in [6.45, 7) is 0. The minimum atomic E-state index is -1.21. The van der Waals surface area contributed by atoms with E-state index in [0.29, 0.717) is 11.3 Å². The molecule has 0 aliphatic heterocycles. The van der Waals surface area contributed by atoms with Gasteiger partial charge in [-0.2, -0.15) is 0 Å². The SMILES string of the molecule is COc1cc(F)cc(-c2nc(C(=O)O)co2)c1. The van der Waals surface area contributed by atoms with Crippen molar-refractivity contribution in [3.63, 3.8) is 0 Å². The van der Waals surface area contributed by atoms with Gasteiger partial charge < -0.3 is 14.3 Å². The van der Waals surface area contributed by atoms with Crippen LogP contribution in [0.15, 0.2) is 28.9 Å². The Labute approximate surface area is 95.5 Å². The van der Waals surface area contributed by atoms with Crippen molar-refractivity contribution in [3.05, 3.63) is 36.0 Å². The molecular weight excluding hydrogens is 229 g/mol. The molecule has 0 amide bonds. The highest BCUT2D eigenvalue weighted by atomic mass is 19.1. The number of carbonyl (C=O) groups is 1. The zero-order valence-corrected chi connectivity index (χ0v) is 8.81. The van der Waals surface area contributed by atoms with E-state index < -0.39 is 11.8 Å². The van der Waals surface area contributed by atoms with E-state index in [1.54, 1.807) is 0 Å². The van der Waals surface area contributed by atoms with Gasteiger partial charge in [-0.05, 0) is 12.1 Å². The largest absolute Gasteiger partial charge is 0.497 e. The highest BCUT2D eigenvalue weighted by Crippen LogP contribution is 2.24. The Morgan fingerprint density at radius 1 is 1.47 bits per heavy atom. The van der Waals surface area contributed by atoms with Crippen molar-refractivity contribution in [2.24, 2.45) is 0 Å². The maximum atomic E-state index is 13.2. The van der Waals surface area contributed by atoms with Crippen LogP contribution in [0.3, 0.4) is 0 Å². The molecule has 0 radical (unpaired) electrons. The molecule has 2 rings (SSSR count). The molecular formula is C11H8FNO4. The van der Waals surface area contributed by atoms with Crippen LogP contribution in [0.1, 0.15) is 10.5 Å². The van der Waals surface area contributed by atoms with Crippen LogP contribution in [0.4, 0.5) is 4.39 Å². The summed E-state index contributed by atoms with van der Waals surface area (Å²) in [5.74, 6) is -1.40. The second-order valence-electron chi connectivity index (χ2n) is 3.22. The summed E-state index contributed by atoms with van der Waals surface area (Å²) < 4.78 is 23.0. The maximum Gasteiger partial charge on any atom is 0.357 e. The first kappa shape index (κ1) is 11.1. The van der Waals surface area contributed by atoms with Crippen LogP contribution in [-0.4, -0.2) is 23.2 Å². The van der Waals surface area contributed by atoms with Gasteiger partial charge in [0.05, 0.1) is 7.11 Å². The van der Waals surface area contributed by atoms with Gasteiger partial charge >= 0.3 is 5.97 Å². The van der Waals surface area contributed by atoms with Gasteiger partial charge in [-0.1, -0.05) is 0 Å². The molecule has 0 unspecified atom stereocenters. The van der Waals surface area contributed by atoms with Crippen LogP contribution >= 0.6 is 0 Å². The van der Waals surface area contributed by atoms with Crippen molar-refractivity contribution in [2.45, 2.75) is 0 Å². The van der Waals surface area contributed by atoms with E-state index >= 15 is 0 Å². The molecule has 1 heterocycles. The van der Waals surface area contributed by atoms with Crippen molar-refractivity contribution in [1.82, 2.24) is 4.98 Å². The summed E-state index contributed by atoms with van der Waals surface area (Å²) in [6.07, 6.45) is 0.995. The fraction of sp³-hybridized carbons (Fsp3) is 0.0909. The Morgan fingerprint density at radius 2 is 2.24 bits per heavy atom. The first-order valence-corrected chi connectivity index (χ1v) is 4.64. The number of ether oxygens (including phenoxy) is 1. The van der Waals surface area contributed by atoms with Crippen molar-refractivity contribution >= 4 is 5.97 Å². The lowest BCUT2D eigenvalue weighted by Crippen LogP contribution is -1.95. The zero-order chi connectivity index (χ0) is 12.4. The number of aromatic nitrogens is 1. The second-order valence-corrected chi connectivity index (χ2v) is 3.22. The third-order valence-electron chi connectivity index (χ3n) is 2.08. The number of carboxylic acids is 1. The third kappa shape index (κ3) is 2.25. The average Bonchev–Trinajstić information content (AvgIpc) is 2.77. The summed E-state index contributed by atoms with van der Waals surface area (Å²) in [6, 6.07) is 3.88. The molecule has 5 nitrogen and oxygen atoms in total. The molecule has 0 aliphatic rings. The Balaban J connectivity index is 2.44. The van der Waals surface area contributed by atoms with Crippen molar-refractivity contribution in [1.29, 1.82) is 0 Å². The molecule has 0 spiro atoms. The van der Waals surface area contributed by atoms with Gasteiger partial charge in [0.1, 0.15) is 17.8 Å². The summed E-state index contributed by atoms with van der Waals surface area (Å²) in [4.78, 5) is 14.3. The van der Waals surface area contributed by atoms with E-state index in [1.165, 1.54) is 25.3 Å². The van der Waals surface area contributed by atoms with E-state index in [1.807, 2.05) is 0 Å². The number of benzene rings is 1. The van der Waals surface area contributed by atoms with E-state index in [0.717, 1.165) is 6.26 Å². The smallest absolute Gasteiger partial charge is 0.357 e. The van der Waals surface area contributed by atoms with Gasteiger partial charge in [-0.15, -0.1) is 0 Å². The Bertz CT molecular complexity index is 564. The molecule has 17 heavy (non-hydrogen) atoms. The summed E-state index contributed by atoms with van der Waals surface area (Å²) in [5, 5.41) is 8.68. The number of rotatable bonds is 3. The number of aromatic carboxylic acids is 1. The fourth-order valence-electron chi connectivity index (χ4n) is 1.31. The molecule has 0 bridgehead atoms. The van der Waals surface area contributed by atoms with Crippen molar-refractivity contribution in [3.8, 4) is 17.2 Å². The molecule has 0 fully saturated rings. The van der Waals surface area contributed by atoms with Gasteiger partial charge in [0.25, 0.3) is 0 Å². The highest BCUT2D eigenvalue weighted by Gasteiger charge is 2.13. The fourth-order valence-corrected chi connectivity index (χ4v) is 1.31. The Hall–Kier alpha value is -2.37. The molecule has 2 aromatic rings. The molecule has 0 aliphatic carbocycles. The molecule has 6 heteroatoms. The van der Waals surface area contributed by atoms with E-state index in [9.17, 15) is 9.18 Å². The molecule has 0 saturated carbocycles. The summed E-state index contributed by atoms with van der Waals surface area (Å²) in [7, 11) is 1.40. The predicted octanol–water partition coefficient (Wildman–Crippen LogP) is 2.19. The van der Waals surface area contributed by atoms with Crippen molar-refractivity contribution in [2.75, 3.05) is 7.11 Å². The van der Waals surface area contributed by atoms with Crippen LogP contribution in [0.25, 0.3) is 11.5 Å². The quantitative estimate of drug-likeness (QED) is 0.885. The molecule has 1 aromatic heterocycles. The number of halogens is 1. The summed E-state index contributed by atoms with van der Waals surface area (Å²) >= 11 is 0. The molecule has 0 atom stereocenters. The summed E-state index contributed by atoms with van der Waals surface area (Å²) in [5.41, 5.74) is 0.0811. The van der Waals surface area contributed by atoms with Gasteiger partial charge in [-0.25, -0.2) is 14.2 Å². The third-order valence-corrected chi connectivity index (χ3v) is 2.08. The van der Waals surface area contributed by atoms with Crippen LogP contribution < -0.4 is 4.74 Å². The van der Waals surface area contributed by atoms with Crippen LogP contribution in [0.2, 0.25) is 0 Å². The highest BCUT2D eigenvalue weighted by molar-refractivity contribution is 5.85. The normalized spacial score (nSPS) is 10.2. The predicted molar refractivity (Wildman–Crippen MR) is 55.4 cm³/mol. The van der Waals surface area contributed by atoms with E-state index in [2.05, 4.69) is 4.98 Å². The average molecular weight is 237 g/mol.